The van der Waals surface area contributed by atoms with Gasteiger partial charge in [-0.3, -0.25) is 9.20 Å². The first-order chi connectivity index (χ1) is 13.6. The number of ether oxygens (including phenoxy) is 1. The molecule has 0 aromatic rings. The molecule has 7 nitrogen and oxygen atoms in total. The van der Waals surface area contributed by atoms with E-state index < -0.39 is 22.5 Å². The highest BCUT2D eigenvalue weighted by Gasteiger charge is 2.26. The molecule has 178 valence electrons. The molecule has 3 N–H and O–H groups in total. The van der Waals surface area contributed by atoms with Crippen molar-refractivity contribution in [1.82, 2.24) is 16.0 Å². The number of aliphatic imine (C=N–C) groups is 1. The van der Waals surface area contributed by atoms with Crippen molar-refractivity contribution in [1.29, 1.82) is 0 Å². The summed E-state index contributed by atoms with van der Waals surface area (Å²) in [4.78, 5) is 16.9. The summed E-state index contributed by atoms with van der Waals surface area (Å²) in [6.45, 7) is 14.9. The van der Waals surface area contributed by atoms with E-state index >= 15 is 0 Å². The molecular formula is C21H43IN4O3S. The highest BCUT2D eigenvalue weighted by Crippen LogP contribution is 2.23. The van der Waals surface area contributed by atoms with Crippen LogP contribution in [0.15, 0.2) is 4.99 Å². The minimum absolute atomic E-state index is 0. The monoisotopic (exact) mass is 558 g/mol. The minimum Gasteiger partial charge on any atom is -0.444 e. The van der Waals surface area contributed by atoms with Gasteiger partial charge in [-0.05, 0) is 52.9 Å². The maximum atomic E-state index is 12.2. The summed E-state index contributed by atoms with van der Waals surface area (Å²) in [6.07, 6.45) is 3.69. The molecule has 0 saturated heterocycles. The molecule has 9 heteroatoms. The Balaban J connectivity index is 0.00000841. The normalized spacial score (nSPS) is 21.9. The largest absolute Gasteiger partial charge is 0.444 e. The lowest BCUT2D eigenvalue weighted by Gasteiger charge is -2.30. The molecule has 1 amide bonds. The van der Waals surface area contributed by atoms with E-state index in [-0.39, 0.29) is 47.2 Å². The highest BCUT2D eigenvalue weighted by atomic mass is 127. The zero-order chi connectivity index (χ0) is 22.0. The van der Waals surface area contributed by atoms with E-state index in [0.717, 1.165) is 43.9 Å². The van der Waals surface area contributed by atoms with Crippen LogP contribution in [0.5, 0.6) is 0 Å². The number of guanidine groups is 1. The van der Waals surface area contributed by atoms with Crippen molar-refractivity contribution in [3.05, 3.63) is 0 Å². The molecule has 0 aromatic carbocycles. The minimum atomic E-state index is -0.747. The summed E-state index contributed by atoms with van der Waals surface area (Å²) >= 11 is 0. The van der Waals surface area contributed by atoms with Crippen molar-refractivity contribution in [2.75, 3.05) is 18.8 Å². The average Bonchev–Trinajstić information content (AvgIpc) is 2.63. The van der Waals surface area contributed by atoms with Crippen LogP contribution in [0.4, 0.5) is 4.79 Å². The van der Waals surface area contributed by atoms with E-state index in [2.05, 4.69) is 29.8 Å². The standard InChI is InChI=1S/C21H42N4O3S.HI/c1-8-22-19(24-16-11-10-12-17(13-16)29(27)9-2)23-14-18(15(3)4)25-20(26)28-21(5,6)7;/h15-18H,8-14H2,1-7H3,(H,25,26)(H2,22,23,24);1H. The van der Waals surface area contributed by atoms with Crippen molar-refractivity contribution >= 4 is 46.8 Å². The maximum Gasteiger partial charge on any atom is 0.407 e. The molecule has 1 rings (SSSR count). The Labute approximate surface area is 202 Å². The number of halogens is 1. The molecule has 1 aliphatic rings. The van der Waals surface area contributed by atoms with Crippen molar-refractivity contribution < 1.29 is 13.7 Å². The number of alkyl carbamates (subject to hydrolysis) is 1. The first kappa shape index (κ1) is 29.4. The number of rotatable bonds is 8. The average molecular weight is 559 g/mol. The lowest BCUT2D eigenvalue weighted by atomic mass is 9.95. The third kappa shape index (κ3) is 11.7. The van der Waals surface area contributed by atoms with Gasteiger partial charge >= 0.3 is 6.09 Å². The van der Waals surface area contributed by atoms with Gasteiger partial charge in [0.2, 0.25) is 0 Å². The Hall–Kier alpha value is -0.580. The van der Waals surface area contributed by atoms with Crippen LogP contribution in [-0.2, 0) is 15.5 Å². The molecule has 0 radical (unpaired) electrons. The molecule has 0 aliphatic heterocycles. The topological polar surface area (TPSA) is 91.8 Å². The Kier molecular flexibility index (Phi) is 14.2. The Morgan fingerprint density at radius 2 is 1.90 bits per heavy atom. The summed E-state index contributed by atoms with van der Waals surface area (Å²) in [5, 5.41) is 10.0. The molecule has 0 bridgehead atoms. The van der Waals surface area contributed by atoms with E-state index in [1.54, 1.807) is 0 Å². The molecule has 4 unspecified atom stereocenters. The molecule has 0 aromatic heterocycles. The Morgan fingerprint density at radius 1 is 1.23 bits per heavy atom. The molecule has 30 heavy (non-hydrogen) atoms. The van der Waals surface area contributed by atoms with Gasteiger partial charge in [-0.25, -0.2) is 4.79 Å². The van der Waals surface area contributed by atoms with Crippen LogP contribution in [0.25, 0.3) is 0 Å². The molecular weight excluding hydrogens is 515 g/mol. The lowest BCUT2D eigenvalue weighted by molar-refractivity contribution is 0.0493. The van der Waals surface area contributed by atoms with E-state index in [4.69, 9.17) is 9.73 Å². The third-order valence-electron chi connectivity index (χ3n) is 4.92. The van der Waals surface area contributed by atoms with Gasteiger partial charge in [0.05, 0.1) is 12.6 Å². The van der Waals surface area contributed by atoms with E-state index in [1.807, 2.05) is 34.6 Å². The first-order valence-electron chi connectivity index (χ1n) is 11.0. The second-order valence-corrected chi connectivity index (χ2v) is 11.0. The van der Waals surface area contributed by atoms with Gasteiger partial charge in [0.1, 0.15) is 5.60 Å². The van der Waals surface area contributed by atoms with Crippen LogP contribution in [-0.4, -0.2) is 58.0 Å². The maximum absolute atomic E-state index is 12.2. The summed E-state index contributed by atoms with van der Waals surface area (Å²) in [5.41, 5.74) is -0.526. The van der Waals surface area contributed by atoms with E-state index in [1.165, 1.54) is 0 Å². The Bertz CT molecular complexity index is 567. The fourth-order valence-electron chi connectivity index (χ4n) is 3.34. The third-order valence-corrected chi connectivity index (χ3v) is 6.66. The van der Waals surface area contributed by atoms with Crippen LogP contribution < -0.4 is 16.0 Å². The highest BCUT2D eigenvalue weighted by molar-refractivity contribution is 14.0. The fraction of sp³-hybridized carbons (Fsp3) is 0.905. The van der Waals surface area contributed by atoms with Crippen LogP contribution >= 0.6 is 24.0 Å². The quantitative estimate of drug-likeness (QED) is 0.240. The van der Waals surface area contributed by atoms with Crippen LogP contribution in [0.3, 0.4) is 0 Å². The molecule has 1 fully saturated rings. The molecule has 1 aliphatic carbocycles. The number of amides is 1. The summed E-state index contributed by atoms with van der Waals surface area (Å²) in [6, 6.07) is 0.158. The number of hydrogen-bond acceptors (Lipinski definition) is 4. The lowest BCUT2D eigenvalue weighted by Crippen LogP contribution is -2.48. The molecule has 4 atom stereocenters. The van der Waals surface area contributed by atoms with Crippen molar-refractivity contribution in [3.8, 4) is 0 Å². The molecule has 0 heterocycles. The van der Waals surface area contributed by atoms with E-state index in [9.17, 15) is 9.00 Å². The van der Waals surface area contributed by atoms with Gasteiger partial charge in [0.25, 0.3) is 0 Å². The summed E-state index contributed by atoms with van der Waals surface area (Å²) in [7, 11) is -0.747. The molecule has 1 saturated carbocycles. The van der Waals surface area contributed by atoms with Crippen LogP contribution in [0.2, 0.25) is 0 Å². The molecule has 0 spiro atoms. The zero-order valence-corrected chi connectivity index (χ0v) is 22.9. The smallest absolute Gasteiger partial charge is 0.407 e. The van der Waals surface area contributed by atoms with Gasteiger partial charge in [-0.2, -0.15) is 0 Å². The van der Waals surface area contributed by atoms with Gasteiger partial charge in [0, 0.05) is 34.4 Å². The fourth-order valence-corrected chi connectivity index (χ4v) is 4.68. The van der Waals surface area contributed by atoms with Gasteiger partial charge in [0.15, 0.2) is 5.96 Å². The van der Waals surface area contributed by atoms with Gasteiger partial charge in [-0.1, -0.05) is 27.2 Å². The van der Waals surface area contributed by atoms with Crippen LogP contribution in [0, 0.1) is 5.92 Å². The van der Waals surface area contributed by atoms with E-state index in [0.29, 0.717) is 6.54 Å². The predicted molar refractivity (Wildman–Crippen MR) is 137 cm³/mol. The van der Waals surface area contributed by atoms with Crippen LogP contribution in [0.1, 0.15) is 74.1 Å². The number of hydrogen-bond donors (Lipinski definition) is 3. The summed E-state index contributed by atoms with van der Waals surface area (Å²) in [5.74, 6) is 1.69. The van der Waals surface area contributed by atoms with Crippen molar-refractivity contribution in [2.45, 2.75) is 97.1 Å². The number of nitrogens with one attached hydrogen (secondary N) is 3. The first-order valence-corrected chi connectivity index (χ1v) is 12.3. The van der Waals surface area contributed by atoms with Crippen molar-refractivity contribution in [2.24, 2.45) is 10.9 Å². The SMILES string of the molecule is CCNC(=NCC(NC(=O)OC(C)(C)C)C(C)C)NC1CCCC(S(=O)CC)C1.I. The summed E-state index contributed by atoms with van der Waals surface area (Å²) < 4.78 is 17.6. The van der Waals surface area contributed by atoms with Gasteiger partial charge in [-0.15, -0.1) is 24.0 Å². The van der Waals surface area contributed by atoms with Crippen molar-refractivity contribution in [3.63, 3.8) is 0 Å². The number of nitrogens with zero attached hydrogens (tertiary/aromatic N) is 1. The second kappa shape index (κ2) is 14.5. The van der Waals surface area contributed by atoms with Gasteiger partial charge < -0.3 is 20.7 Å². The number of carbonyl (C=O) groups excluding carboxylic acids is 1. The number of carbonyl (C=O) groups is 1. The second-order valence-electron chi connectivity index (χ2n) is 9.02. The Morgan fingerprint density at radius 3 is 2.43 bits per heavy atom. The predicted octanol–water partition coefficient (Wildman–Crippen LogP) is 3.79. The zero-order valence-electron chi connectivity index (χ0n) is 19.7.